The predicted octanol–water partition coefficient (Wildman–Crippen LogP) is 4.07. The SMILES string of the molecule is CCOc1ccc2nc(NC(=O)C3CCC(F)(F)C3)sc2c1. The van der Waals surface area contributed by atoms with Gasteiger partial charge in [0, 0.05) is 18.8 Å². The number of carbonyl (C=O) groups is 1. The molecule has 3 rings (SSSR count). The van der Waals surface area contributed by atoms with Gasteiger partial charge in [0.2, 0.25) is 11.8 Å². The Morgan fingerprint density at radius 3 is 3.05 bits per heavy atom. The van der Waals surface area contributed by atoms with Crippen molar-refractivity contribution in [2.24, 2.45) is 5.92 Å². The van der Waals surface area contributed by atoms with E-state index in [4.69, 9.17) is 4.74 Å². The van der Waals surface area contributed by atoms with E-state index < -0.39 is 11.8 Å². The van der Waals surface area contributed by atoms with Gasteiger partial charge in [-0.05, 0) is 31.5 Å². The molecule has 1 aromatic heterocycles. The predicted molar refractivity (Wildman–Crippen MR) is 81.7 cm³/mol. The fourth-order valence-electron chi connectivity index (χ4n) is 2.60. The monoisotopic (exact) mass is 326 g/mol. The Bertz CT molecular complexity index is 702. The van der Waals surface area contributed by atoms with E-state index in [9.17, 15) is 13.6 Å². The third-order valence-corrected chi connectivity index (χ3v) is 4.61. The Kier molecular flexibility index (Phi) is 3.99. The van der Waals surface area contributed by atoms with E-state index in [0.29, 0.717) is 11.7 Å². The molecule has 1 aliphatic carbocycles. The van der Waals surface area contributed by atoms with Gasteiger partial charge in [0.15, 0.2) is 5.13 Å². The summed E-state index contributed by atoms with van der Waals surface area (Å²) >= 11 is 1.31. The summed E-state index contributed by atoms with van der Waals surface area (Å²) < 4.78 is 32.6. The van der Waals surface area contributed by atoms with Gasteiger partial charge in [-0.3, -0.25) is 4.79 Å². The number of ether oxygens (including phenoxy) is 1. The van der Waals surface area contributed by atoms with Gasteiger partial charge in [-0.1, -0.05) is 11.3 Å². The van der Waals surface area contributed by atoms with Crippen molar-refractivity contribution in [1.82, 2.24) is 4.98 Å². The van der Waals surface area contributed by atoms with Crippen molar-refractivity contribution in [2.75, 3.05) is 11.9 Å². The Morgan fingerprint density at radius 1 is 1.55 bits per heavy atom. The average Bonchev–Trinajstić information content (AvgIpc) is 3.01. The number of hydrogen-bond donors (Lipinski definition) is 1. The summed E-state index contributed by atoms with van der Waals surface area (Å²) in [4.78, 5) is 16.4. The first-order chi connectivity index (χ1) is 10.5. The van der Waals surface area contributed by atoms with Crippen LogP contribution >= 0.6 is 11.3 Å². The molecule has 118 valence electrons. The number of carbonyl (C=O) groups excluding carboxylic acids is 1. The van der Waals surface area contributed by atoms with Gasteiger partial charge < -0.3 is 10.1 Å². The summed E-state index contributed by atoms with van der Waals surface area (Å²) in [5, 5.41) is 3.09. The minimum atomic E-state index is -2.72. The number of nitrogens with zero attached hydrogens (tertiary/aromatic N) is 1. The van der Waals surface area contributed by atoms with E-state index in [2.05, 4.69) is 10.3 Å². The highest BCUT2D eigenvalue weighted by Crippen LogP contribution is 2.39. The number of amides is 1. The van der Waals surface area contributed by atoms with E-state index in [0.717, 1.165) is 16.0 Å². The summed E-state index contributed by atoms with van der Waals surface area (Å²) in [5.74, 6) is -2.99. The number of hydrogen-bond acceptors (Lipinski definition) is 4. The van der Waals surface area contributed by atoms with Crippen molar-refractivity contribution in [3.8, 4) is 5.75 Å². The first-order valence-corrected chi connectivity index (χ1v) is 8.00. The molecule has 1 aliphatic rings. The molecule has 0 saturated heterocycles. The molecule has 1 heterocycles. The zero-order valence-corrected chi connectivity index (χ0v) is 12.9. The molecule has 0 spiro atoms. The number of thiazole rings is 1. The van der Waals surface area contributed by atoms with Gasteiger partial charge in [0.1, 0.15) is 5.75 Å². The van der Waals surface area contributed by atoms with Gasteiger partial charge in [-0.2, -0.15) is 0 Å². The highest BCUT2D eigenvalue weighted by Gasteiger charge is 2.42. The Balaban J connectivity index is 1.72. The van der Waals surface area contributed by atoms with Crippen LogP contribution in [-0.2, 0) is 4.79 Å². The molecule has 1 unspecified atom stereocenters. The molecule has 0 radical (unpaired) electrons. The number of aromatic nitrogens is 1. The third-order valence-electron chi connectivity index (χ3n) is 3.68. The molecular weight excluding hydrogens is 310 g/mol. The van der Waals surface area contributed by atoms with Crippen LogP contribution in [0, 0.1) is 5.92 Å². The molecule has 1 amide bonds. The fourth-order valence-corrected chi connectivity index (χ4v) is 3.49. The second-order valence-corrected chi connectivity index (χ2v) is 6.40. The van der Waals surface area contributed by atoms with Gasteiger partial charge in [-0.15, -0.1) is 0 Å². The molecule has 1 fully saturated rings. The Labute approximate surface area is 130 Å². The largest absolute Gasteiger partial charge is 0.494 e. The zero-order valence-electron chi connectivity index (χ0n) is 12.1. The molecule has 1 aromatic carbocycles. The first-order valence-electron chi connectivity index (χ1n) is 7.19. The van der Waals surface area contributed by atoms with Gasteiger partial charge in [0.05, 0.1) is 16.8 Å². The summed E-state index contributed by atoms with van der Waals surface area (Å²) in [6.45, 7) is 2.48. The minimum absolute atomic E-state index is 0.220. The number of halogens is 2. The quantitative estimate of drug-likeness (QED) is 0.921. The van der Waals surface area contributed by atoms with Gasteiger partial charge in [-0.25, -0.2) is 13.8 Å². The molecule has 1 atom stereocenters. The van der Waals surface area contributed by atoms with Crippen molar-refractivity contribution in [1.29, 1.82) is 0 Å². The molecular formula is C15H16F2N2O2S. The number of nitrogens with one attached hydrogen (secondary N) is 1. The highest BCUT2D eigenvalue weighted by atomic mass is 32.1. The number of benzene rings is 1. The standard InChI is InChI=1S/C15H16F2N2O2S/c1-2-21-10-3-4-11-12(7-10)22-14(18-11)19-13(20)9-5-6-15(16,17)8-9/h3-4,7,9H,2,5-6,8H2,1H3,(H,18,19,20). The van der Waals surface area contributed by atoms with Crippen LogP contribution in [0.4, 0.5) is 13.9 Å². The topological polar surface area (TPSA) is 51.2 Å². The number of anilines is 1. The summed E-state index contributed by atoms with van der Waals surface area (Å²) in [5.41, 5.74) is 0.750. The second kappa shape index (κ2) is 5.79. The van der Waals surface area contributed by atoms with Crippen LogP contribution in [0.1, 0.15) is 26.2 Å². The molecule has 2 aromatic rings. The van der Waals surface area contributed by atoms with E-state index in [1.54, 1.807) is 0 Å². The second-order valence-electron chi connectivity index (χ2n) is 5.37. The van der Waals surface area contributed by atoms with Crippen molar-refractivity contribution in [3.63, 3.8) is 0 Å². The normalized spacial score (nSPS) is 20.2. The van der Waals surface area contributed by atoms with Crippen molar-refractivity contribution >= 4 is 32.6 Å². The first kappa shape index (κ1) is 15.1. The molecule has 0 bridgehead atoms. The summed E-state index contributed by atoms with van der Waals surface area (Å²) in [6, 6.07) is 5.49. The van der Waals surface area contributed by atoms with E-state index in [-0.39, 0.29) is 25.2 Å². The lowest BCUT2D eigenvalue weighted by atomic mass is 10.1. The number of alkyl halides is 2. The fraction of sp³-hybridized carbons (Fsp3) is 0.467. The lowest BCUT2D eigenvalue weighted by Gasteiger charge is -2.09. The Hall–Kier alpha value is -1.76. The van der Waals surface area contributed by atoms with Crippen LogP contribution in [0.3, 0.4) is 0 Å². The van der Waals surface area contributed by atoms with Crippen LogP contribution in [-0.4, -0.2) is 23.4 Å². The van der Waals surface area contributed by atoms with Crippen LogP contribution in [0.25, 0.3) is 10.2 Å². The molecule has 4 nitrogen and oxygen atoms in total. The maximum Gasteiger partial charge on any atom is 0.248 e. The summed E-state index contributed by atoms with van der Waals surface area (Å²) in [6.07, 6.45) is -0.376. The van der Waals surface area contributed by atoms with E-state index >= 15 is 0 Å². The molecule has 7 heteroatoms. The van der Waals surface area contributed by atoms with Crippen LogP contribution in [0.5, 0.6) is 5.75 Å². The van der Waals surface area contributed by atoms with Crippen molar-refractivity contribution in [3.05, 3.63) is 18.2 Å². The molecule has 1 saturated carbocycles. The number of fused-ring (bicyclic) bond motifs is 1. The Morgan fingerprint density at radius 2 is 2.36 bits per heavy atom. The van der Waals surface area contributed by atoms with Gasteiger partial charge in [0.25, 0.3) is 0 Å². The number of rotatable bonds is 4. The molecule has 22 heavy (non-hydrogen) atoms. The molecule has 0 aliphatic heterocycles. The maximum absolute atomic E-state index is 13.2. The molecule has 1 N–H and O–H groups in total. The van der Waals surface area contributed by atoms with Crippen molar-refractivity contribution < 1.29 is 18.3 Å². The maximum atomic E-state index is 13.2. The van der Waals surface area contributed by atoms with E-state index in [1.807, 2.05) is 25.1 Å². The zero-order chi connectivity index (χ0) is 15.7. The smallest absolute Gasteiger partial charge is 0.248 e. The average molecular weight is 326 g/mol. The van der Waals surface area contributed by atoms with Crippen LogP contribution in [0.15, 0.2) is 18.2 Å². The summed E-state index contributed by atoms with van der Waals surface area (Å²) in [7, 11) is 0. The lowest BCUT2D eigenvalue weighted by Crippen LogP contribution is -2.22. The third kappa shape index (κ3) is 3.19. The van der Waals surface area contributed by atoms with Gasteiger partial charge >= 0.3 is 0 Å². The van der Waals surface area contributed by atoms with Crippen molar-refractivity contribution in [2.45, 2.75) is 32.1 Å². The highest BCUT2D eigenvalue weighted by molar-refractivity contribution is 7.22. The minimum Gasteiger partial charge on any atom is -0.494 e. The van der Waals surface area contributed by atoms with E-state index in [1.165, 1.54) is 11.3 Å². The lowest BCUT2D eigenvalue weighted by molar-refractivity contribution is -0.120. The van der Waals surface area contributed by atoms with Crippen LogP contribution < -0.4 is 10.1 Å². The van der Waals surface area contributed by atoms with Crippen LogP contribution in [0.2, 0.25) is 0 Å².